The molecule has 0 saturated carbocycles. The van der Waals surface area contributed by atoms with Gasteiger partial charge in [-0.05, 0) is 6.42 Å². The van der Waals surface area contributed by atoms with Gasteiger partial charge in [-0.3, -0.25) is 9.55 Å². The van der Waals surface area contributed by atoms with Crippen LogP contribution in [0.1, 0.15) is 24.9 Å². The normalized spacial score (nSPS) is 10.6. The van der Waals surface area contributed by atoms with E-state index in [2.05, 4.69) is 21.9 Å². The van der Waals surface area contributed by atoms with Gasteiger partial charge in [0.2, 0.25) is 0 Å². The first kappa shape index (κ1) is 10.8. The van der Waals surface area contributed by atoms with E-state index < -0.39 is 0 Å². The molecule has 0 saturated heterocycles. The van der Waals surface area contributed by atoms with Crippen LogP contribution in [-0.2, 0) is 13.0 Å². The van der Waals surface area contributed by atoms with Gasteiger partial charge in [0.05, 0.1) is 11.9 Å². The number of aryl methyl sites for hydroxylation is 1. The highest BCUT2D eigenvalue weighted by Gasteiger charge is 2.05. The highest BCUT2D eigenvalue weighted by atomic mass is 15.1. The molecule has 0 fully saturated rings. The maximum atomic E-state index is 5.54. The van der Waals surface area contributed by atoms with Crippen LogP contribution in [0.25, 0.3) is 5.82 Å². The minimum atomic E-state index is 0.401. The molecule has 2 aromatic rings. The highest BCUT2D eigenvalue weighted by molar-refractivity contribution is 5.22. The fraction of sp³-hybridized carbons (Fsp3) is 0.364. The maximum Gasteiger partial charge on any atom is 0.156 e. The van der Waals surface area contributed by atoms with E-state index in [9.17, 15) is 0 Å². The molecule has 16 heavy (non-hydrogen) atoms. The number of hydrogen-bond acceptors (Lipinski definition) is 4. The molecule has 0 aliphatic rings. The first-order valence-corrected chi connectivity index (χ1v) is 5.38. The monoisotopic (exact) mass is 217 g/mol. The van der Waals surface area contributed by atoms with Gasteiger partial charge in [0.1, 0.15) is 5.82 Å². The van der Waals surface area contributed by atoms with E-state index in [1.165, 1.54) is 0 Å². The molecular weight excluding hydrogens is 202 g/mol. The van der Waals surface area contributed by atoms with E-state index >= 15 is 0 Å². The van der Waals surface area contributed by atoms with E-state index in [4.69, 9.17) is 5.73 Å². The summed E-state index contributed by atoms with van der Waals surface area (Å²) in [5, 5.41) is 0. The van der Waals surface area contributed by atoms with Crippen molar-refractivity contribution in [1.82, 2.24) is 19.5 Å². The number of rotatable bonds is 4. The Morgan fingerprint density at radius 3 is 3.00 bits per heavy atom. The molecule has 0 spiro atoms. The van der Waals surface area contributed by atoms with Crippen LogP contribution in [0.15, 0.2) is 24.8 Å². The Kier molecular flexibility index (Phi) is 3.26. The third kappa shape index (κ3) is 2.09. The maximum absolute atomic E-state index is 5.54. The Hall–Kier alpha value is -1.75. The minimum absolute atomic E-state index is 0.401. The third-order valence-corrected chi connectivity index (χ3v) is 2.32. The van der Waals surface area contributed by atoms with Gasteiger partial charge < -0.3 is 5.73 Å². The van der Waals surface area contributed by atoms with Crippen molar-refractivity contribution in [3.05, 3.63) is 36.3 Å². The van der Waals surface area contributed by atoms with E-state index in [0.717, 1.165) is 30.2 Å². The number of nitrogens with zero attached hydrogens (tertiary/aromatic N) is 4. The standard InChI is InChI=1S/C11H15N5/c1-2-3-10-14-4-5-16(10)11-8-13-7-9(6-12)15-11/h4-5,7-8H,2-3,6,12H2,1H3. The van der Waals surface area contributed by atoms with Crippen molar-refractivity contribution in [3.63, 3.8) is 0 Å². The van der Waals surface area contributed by atoms with Crippen molar-refractivity contribution in [2.45, 2.75) is 26.3 Å². The van der Waals surface area contributed by atoms with Crippen molar-refractivity contribution < 1.29 is 0 Å². The molecule has 84 valence electrons. The summed E-state index contributed by atoms with van der Waals surface area (Å²) in [6.07, 6.45) is 9.07. The van der Waals surface area contributed by atoms with E-state index in [-0.39, 0.29) is 0 Å². The molecule has 0 aliphatic heterocycles. The summed E-state index contributed by atoms with van der Waals surface area (Å²) in [7, 11) is 0. The van der Waals surface area contributed by atoms with Crippen molar-refractivity contribution in [2.75, 3.05) is 0 Å². The van der Waals surface area contributed by atoms with Gasteiger partial charge >= 0.3 is 0 Å². The lowest BCUT2D eigenvalue weighted by molar-refractivity contribution is 0.788. The predicted molar refractivity (Wildman–Crippen MR) is 61.0 cm³/mol. The first-order valence-electron chi connectivity index (χ1n) is 5.38. The number of nitrogens with two attached hydrogens (primary N) is 1. The molecule has 2 aromatic heterocycles. The fourth-order valence-electron chi connectivity index (χ4n) is 1.56. The first-order chi connectivity index (χ1) is 7.85. The summed E-state index contributed by atoms with van der Waals surface area (Å²) in [4.78, 5) is 12.8. The van der Waals surface area contributed by atoms with Crippen molar-refractivity contribution in [3.8, 4) is 5.82 Å². The van der Waals surface area contributed by atoms with E-state index in [1.807, 2.05) is 10.8 Å². The Bertz CT molecular complexity index is 463. The summed E-state index contributed by atoms with van der Waals surface area (Å²) in [5.41, 5.74) is 6.33. The quantitative estimate of drug-likeness (QED) is 0.831. The molecule has 0 unspecified atom stereocenters. The molecule has 0 aliphatic carbocycles. The van der Waals surface area contributed by atoms with E-state index in [1.54, 1.807) is 18.6 Å². The Morgan fingerprint density at radius 1 is 1.38 bits per heavy atom. The zero-order chi connectivity index (χ0) is 11.4. The number of imidazole rings is 1. The molecule has 0 bridgehead atoms. The average molecular weight is 217 g/mol. The van der Waals surface area contributed by atoms with Crippen molar-refractivity contribution in [2.24, 2.45) is 5.73 Å². The molecule has 0 atom stereocenters. The molecule has 2 rings (SSSR count). The minimum Gasteiger partial charge on any atom is -0.325 e. The van der Waals surface area contributed by atoms with Crippen LogP contribution in [0.3, 0.4) is 0 Å². The average Bonchev–Trinajstić information content (AvgIpc) is 2.78. The molecular formula is C11H15N5. The van der Waals surface area contributed by atoms with Crippen molar-refractivity contribution >= 4 is 0 Å². The Labute approximate surface area is 94.4 Å². The second-order valence-corrected chi connectivity index (χ2v) is 3.54. The summed E-state index contributed by atoms with van der Waals surface area (Å²) in [6.45, 7) is 2.53. The van der Waals surface area contributed by atoms with Crippen LogP contribution in [-0.4, -0.2) is 19.5 Å². The smallest absolute Gasteiger partial charge is 0.156 e. The van der Waals surface area contributed by atoms with Crippen molar-refractivity contribution in [1.29, 1.82) is 0 Å². The van der Waals surface area contributed by atoms with Crippen LogP contribution >= 0.6 is 0 Å². The predicted octanol–water partition coefficient (Wildman–Crippen LogP) is 1.07. The van der Waals surface area contributed by atoms with Gasteiger partial charge in [-0.15, -0.1) is 0 Å². The molecule has 2 heterocycles. The molecule has 0 amide bonds. The lowest BCUT2D eigenvalue weighted by Crippen LogP contribution is -2.07. The third-order valence-electron chi connectivity index (χ3n) is 2.32. The summed E-state index contributed by atoms with van der Waals surface area (Å²) in [5.74, 6) is 1.79. The zero-order valence-electron chi connectivity index (χ0n) is 9.30. The largest absolute Gasteiger partial charge is 0.325 e. The van der Waals surface area contributed by atoms with Crippen LogP contribution in [0, 0.1) is 0 Å². The SMILES string of the molecule is CCCc1nccn1-c1cncc(CN)n1. The van der Waals surface area contributed by atoms with Crippen LogP contribution < -0.4 is 5.73 Å². The van der Waals surface area contributed by atoms with Gasteiger partial charge in [-0.25, -0.2) is 9.97 Å². The van der Waals surface area contributed by atoms with Gasteiger partial charge in [0.25, 0.3) is 0 Å². The summed E-state index contributed by atoms with van der Waals surface area (Å²) in [6, 6.07) is 0. The summed E-state index contributed by atoms with van der Waals surface area (Å²) >= 11 is 0. The van der Waals surface area contributed by atoms with Gasteiger partial charge in [0.15, 0.2) is 5.82 Å². The summed E-state index contributed by atoms with van der Waals surface area (Å²) < 4.78 is 1.95. The molecule has 0 aromatic carbocycles. The molecule has 0 radical (unpaired) electrons. The van der Waals surface area contributed by atoms with Crippen LogP contribution in [0.2, 0.25) is 0 Å². The molecule has 5 heteroatoms. The second-order valence-electron chi connectivity index (χ2n) is 3.54. The van der Waals surface area contributed by atoms with Crippen LogP contribution in [0.5, 0.6) is 0 Å². The number of aromatic nitrogens is 4. The molecule has 2 N–H and O–H groups in total. The second kappa shape index (κ2) is 4.85. The van der Waals surface area contributed by atoms with Gasteiger partial charge in [-0.1, -0.05) is 6.92 Å². The molecule has 5 nitrogen and oxygen atoms in total. The Balaban J connectivity index is 2.37. The topological polar surface area (TPSA) is 69.6 Å². The van der Waals surface area contributed by atoms with Crippen LogP contribution in [0.4, 0.5) is 0 Å². The lowest BCUT2D eigenvalue weighted by Gasteiger charge is -2.06. The highest BCUT2D eigenvalue weighted by Crippen LogP contribution is 2.09. The Morgan fingerprint density at radius 2 is 2.25 bits per heavy atom. The van der Waals surface area contributed by atoms with E-state index in [0.29, 0.717) is 6.54 Å². The number of hydrogen-bond donors (Lipinski definition) is 1. The zero-order valence-corrected chi connectivity index (χ0v) is 9.30. The fourth-order valence-corrected chi connectivity index (χ4v) is 1.56. The van der Waals surface area contributed by atoms with Gasteiger partial charge in [-0.2, -0.15) is 0 Å². The lowest BCUT2D eigenvalue weighted by atomic mass is 10.3. The van der Waals surface area contributed by atoms with Gasteiger partial charge in [0, 0.05) is 31.6 Å².